The summed E-state index contributed by atoms with van der Waals surface area (Å²) in [6.45, 7) is 0.510. The molecule has 0 amide bonds. The number of halogens is 2. The van der Waals surface area contributed by atoms with Crippen LogP contribution in [0.4, 0.5) is 8.78 Å². The van der Waals surface area contributed by atoms with Crippen molar-refractivity contribution in [3.05, 3.63) is 17.0 Å². The normalized spacial score (nSPS) is 17.0. The van der Waals surface area contributed by atoms with Gasteiger partial charge in [0.15, 0.2) is 0 Å². The molecule has 1 aromatic heterocycles. The van der Waals surface area contributed by atoms with Crippen molar-refractivity contribution in [3.8, 4) is 0 Å². The summed E-state index contributed by atoms with van der Waals surface area (Å²) >= 11 is 0. The van der Waals surface area contributed by atoms with Gasteiger partial charge >= 0.3 is 12.5 Å². The number of aryl methyl sites for hydroxylation is 1. The summed E-state index contributed by atoms with van der Waals surface area (Å²) in [6, 6.07) is 0. The Hall–Kier alpha value is -1.46. The largest absolute Gasteiger partial charge is 0.462 e. The Morgan fingerprint density at radius 3 is 2.43 bits per heavy atom. The van der Waals surface area contributed by atoms with E-state index in [1.54, 1.807) is 13.8 Å². The number of carbonyl (C=O) groups is 1. The first-order chi connectivity index (χ1) is 9.99. The molecule has 1 aliphatic rings. The summed E-state index contributed by atoms with van der Waals surface area (Å²) in [5.41, 5.74) is 1.35. The Bertz CT molecular complexity index is 492. The van der Waals surface area contributed by atoms with Crippen molar-refractivity contribution in [2.24, 2.45) is 0 Å². The number of carbonyl (C=O) groups excluding carboxylic acids is 1. The lowest BCUT2D eigenvalue weighted by Gasteiger charge is -2.15. The van der Waals surface area contributed by atoms with Crippen LogP contribution >= 0.6 is 0 Å². The molecule has 1 fully saturated rings. The lowest BCUT2D eigenvalue weighted by atomic mass is 10.1. The van der Waals surface area contributed by atoms with Crippen molar-refractivity contribution in [3.63, 3.8) is 0 Å². The monoisotopic (exact) mass is 300 g/mol. The first-order valence-corrected chi connectivity index (χ1v) is 7.51. The molecule has 1 aliphatic carbocycles. The van der Waals surface area contributed by atoms with Crippen LogP contribution < -0.4 is 0 Å². The summed E-state index contributed by atoms with van der Waals surface area (Å²) in [6.07, 6.45) is 6.34. The van der Waals surface area contributed by atoms with Gasteiger partial charge in [0.2, 0.25) is 0 Å². The van der Waals surface area contributed by atoms with E-state index >= 15 is 0 Å². The van der Waals surface area contributed by atoms with Gasteiger partial charge in [-0.05, 0) is 39.5 Å². The molecule has 0 saturated heterocycles. The van der Waals surface area contributed by atoms with E-state index in [4.69, 9.17) is 4.74 Å². The van der Waals surface area contributed by atoms with E-state index in [0.717, 1.165) is 25.7 Å². The van der Waals surface area contributed by atoms with Gasteiger partial charge in [0, 0.05) is 11.3 Å². The third kappa shape index (κ3) is 4.02. The van der Waals surface area contributed by atoms with Gasteiger partial charge in [-0.3, -0.25) is 4.79 Å². The minimum absolute atomic E-state index is 0.0148. The van der Waals surface area contributed by atoms with Crippen LogP contribution in [0.2, 0.25) is 0 Å². The van der Waals surface area contributed by atoms with Crippen LogP contribution in [-0.4, -0.2) is 21.9 Å². The molecule has 1 saturated carbocycles. The van der Waals surface area contributed by atoms with Gasteiger partial charge in [0.05, 0.1) is 12.1 Å². The molecule has 0 unspecified atom stereocenters. The number of hydrogen-bond donors (Lipinski definition) is 0. The minimum Gasteiger partial charge on any atom is -0.462 e. The highest BCUT2D eigenvalue weighted by Crippen LogP contribution is 2.22. The fraction of sp³-hybridized carbons (Fsp3) is 0.733. The highest BCUT2D eigenvalue weighted by atomic mass is 19.3. The number of hydrogen-bond acceptors (Lipinski definition) is 3. The van der Waals surface area contributed by atoms with Crippen molar-refractivity contribution in [2.75, 3.05) is 0 Å². The van der Waals surface area contributed by atoms with Crippen molar-refractivity contribution < 1.29 is 18.3 Å². The maximum Gasteiger partial charge on any atom is 0.333 e. The van der Waals surface area contributed by atoms with E-state index in [-0.39, 0.29) is 18.5 Å². The minimum atomic E-state index is -2.68. The molecule has 0 radical (unpaired) electrons. The van der Waals surface area contributed by atoms with Crippen molar-refractivity contribution >= 4 is 5.97 Å². The zero-order valence-corrected chi connectivity index (χ0v) is 12.6. The Morgan fingerprint density at radius 2 is 1.90 bits per heavy atom. The number of ether oxygens (including phenoxy) is 1. The van der Waals surface area contributed by atoms with E-state index < -0.39 is 6.55 Å². The maximum absolute atomic E-state index is 12.8. The van der Waals surface area contributed by atoms with Gasteiger partial charge < -0.3 is 4.74 Å². The summed E-state index contributed by atoms with van der Waals surface area (Å²) < 4.78 is 31.7. The van der Waals surface area contributed by atoms with Crippen LogP contribution in [0.5, 0.6) is 0 Å². The zero-order valence-electron chi connectivity index (χ0n) is 12.6. The van der Waals surface area contributed by atoms with Crippen LogP contribution in [-0.2, 0) is 16.0 Å². The number of rotatable bonds is 4. The van der Waals surface area contributed by atoms with Crippen LogP contribution in [0.1, 0.15) is 62.0 Å². The molecule has 21 heavy (non-hydrogen) atoms. The molecule has 0 aliphatic heterocycles. The number of aromatic nitrogens is 2. The first-order valence-electron chi connectivity index (χ1n) is 7.51. The summed E-state index contributed by atoms with van der Waals surface area (Å²) in [7, 11) is 0. The van der Waals surface area contributed by atoms with Crippen LogP contribution in [0.25, 0.3) is 0 Å². The molecule has 6 heteroatoms. The van der Waals surface area contributed by atoms with Crippen LogP contribution in [0.3, 0.4) is 0 Å². The molecule has 4 nitrogen and oxygen atoms in total. The fourth-order valence-electron chi connectivity index (χ4n) is 2.87. The fourth-order valence-corrected chi connectivity index (χ4v) is 2.87. The van der Waals surface area contributed by atoms with Gasteiger partial charge in [-0.1, -0.05) is 12.8 Å². The summed E-state index contributed by atoms with van der Waals surface area (Å²) in [4.78, 5) is 12.0. The zero-order chi connectivity index (χ0) is 15.4. The molecule has 1 heterocycles. The van der Waals surface area contributed by atoms with Crippen LogP contribution in [0, 0.1) is 13.8 Å². The molecule has 2 rings (SSSR count). The second kappa shape index (κ2) is 7.00. The van der Waals surface area contributed by atoms with Crippen LogP contribution in [0.15, 0.2) is 0 Å². The molecule has 1 aromatic rings. The molecule has 0 bridgehead atoms. The molecular formula is C15H22F2N2O2. The van der Waals surface area contributed by atoms with E-state index in [1.807, 2.05) is 0 Å². The average molecular weight is 300 g/mol. The van der Waals surface area contributed by atoms with Crippen molar-refractivity contribution in [2.45, 2.75) is 71.4 Å². The highest BCUT2D eigenvalue weighted by Gasteiger charge is 2.22. The Kier molecular flexibility index (Phi) is 5.31. The third-order valence-electron chi connectivity index (χ3n) is 4.08. The number of nitrogens with zero attached hydrogens (tertiary/aromatic N) is 2. The molecular weight excluding hydrogens is 278 g/mol. The van der Waals surface area contributed by atoms with Gasteiger partial charge in [0.25, 0.3) is 0 Å². The molecule has 118 valence electrons. The Balaban J connectivity index is 1.99. The maximum atomic E-state index is 12.8. The van der Waals surface area contributed by atoms with Gasteiger partial charge in [-0.15, -0.1) is 0 Å². The van der Waals surface area contributed by atoms with Crippen molar-refractivity contribution in [1.29, 1.82) is 0 Å². The molecule has 0 aromatic carbocycles. The van der Waals surface area contributed by atoms with Gasteiger partial charge in [-0.2, -0.15) is 13.9 Å². The lowest BCUT2D eigenvalue weighted by molar-refractivity contribution is -0.148. The van der Waals surface area contributed by atoms with E-state index in [9.17, 15) is 13.6 Å². The SMILES string of the molecule is Cc1nn(C(F)F)c(C)c1CC(=O)OC1CCCCCC1. The third-order valence-corrected chi connectivity index (χ3v) is 4.08. The van der Waals surface area contributed by atoms with Gasteiger partial charge in [0.1, 0.15) is 6.10 Å². The Labute approximate surface area is 123 Å². The van der Waals surface area contributed by atoms with E-state index in [0.29, 0.717) is 21.6 Å². The summed E-state index contributed by atoms with van der Waals surface area (Å²) in [5, 5.41) is 3.78. The smallest absolute Gasteiger partial charge is 0.333 e. The van der Waals surface area contributed by atoms with E-state index in [2.05, 4.69) is 5.10 Å². The van der Waals surface area contributed by atoms with Crippen molar-refractivity contribution in [1.82, 2.24) is 9.78 Å². The first kappa shape index (κ1) is 15.9. The quantitative estimate of drug-likeness (QED) is 0.629. The predicted molar refractivity (Wildman–Crippen MR) is 74.2 cm³/mol. The average Bonchev–Trinajstić information content (AvgIpc) is 2.61. The second-order valence-electron chi connectivity index (χ2n) is 5.65. The summed E-state index contributed by atoms with van der Waals surface area (Å²) in [5.74, 6) is -0.345. The molecule has 0 spiro atoms. The lowest BCUT2D eigenvalue weighted by Crippen LogP contribution is -2.19. The molecule has 0 N–H and O–H groups in total. The Morgan fingerprint density at radius 1 is 1.29 bits per heavy atom. The standard InChI is InChI=1S/C15H22F2N2O2/c1-10-13(11(2)19(18-10)15(16)17)9-14(20)21-12-7-5-3-4-6-8-12/h12,15H,3-9H2,1-2H3. The topological polar surface area (TPSA) is 44.1 Å². The van der Waals surface area contributed by atoms with Gasteiger partial charge in [-0.25, -0.2) is 4.68 Å². The molecule has 0 atom stereocenters. The number of alkyl halides is 2. The predicted octanol–water partition coefficient (Wildman–Crippen LogP) is 3.70. The highest BCUT2D eigenvalue weighted by molar-refractivity contribution is 5.73. The number of esters is 1. The van der Waals surface area contributed by atoms with E-state index in [1.165, 1.54) is 12.8 Å². The second-order valence-corrected chi connectivity index (χ2v) is 5.65.